The molecule has 0 saturated carbocycles. The Bertz CT molecular complexity index is 1050. The normalized spacial score (nSPS) is 11.4. The van der Waals surface area contributed by atoms with Crippen molar-refractivity contribution in [2.75, 3.05) is 0 Å². The molecule has 11 heteroatoms. The van der Waals surface area contributed by atoms with Crippen molar-refractivity contribution < 1.29 is 89.8 Å². The van der Waals surface area contributed by atoms with Crippen LogP contribution < -0.4 is 63.9 Å². The predicted octanol–water partition coefficient (Wildman–Crippen LogP) is -1.02. The maximum atomic E-state index is 11.4. The molecule has 0 aromatic heterocycles. The largest absolute Gasteiger partial charge is 1.00 e. The number of aryl methyl sites for hydroxylation is 1. The molecular weight excluding hydrogens is 486 g/mol. The molecular formula is C22H28Na2O7S2. The van der Waals surface area contributed by atoms with Crippen LogP contribution >= 0.6 is 0 Å². The van der Waals surface area contributed by atoms with Gasteiger partial charge in [-0.2, -0.15) is 0 Å². The number of ether oxygens (including phenoxy) is 1. The Morgan fingerprint density at radius 1 is 0.697 bits per heavy atom. The molecule has 0 fully saturated rings. The maximum Gasteiger partial charge on any atom is 1.00 e. The molecule has 0 heterocycles. The summed E-state index contributed by atoms with van der Waals surface area (Å²) in [6.07, 6.45) is 9.50. The molecule has 0 unspecified atom stereocenters. The molecule has 0 saturated heterocycles. The number of hydrogen-bond acceptors (Lipinski definition) is 7. The second kappa shape index (κ2) is 15.9. The third-order valence-electron chi connectivity index (χ3n) is 4.96. The molecule has 7 nitrogen and oxygen atoms in total. The fourth-order valence-electron chi connectivity index (χ4n) is 3.26. The van der Waals surface area contributed by atoms with E-state index in [2.05, 4.69) is 6.92 Å². The number of hydrogen-bond donors (Lipinski definition) is 0. The van der Waals surface area contributed by atoms with Crippen LogP contribution in [-0.2, 0) is 26.7 Å². The molecule has 2 rings (SSSR count). The zero-order valence-corrected chi connectivity index (χ0v) is 25.2. The van der Waals surface area contributed by atoms with Gasteiger partial charge in [-0.15, -0.1) is 0 Å². The molecule has 0 radical (unpaired) electrons. The number of unbranched alkanes of at least 4 members (excludes halogenated alkanes) is 7. The Kier molecular flexibility index (Phi) is 16.0. The van der Waals surface area contributed by atoms with Gasteiger partial charge in [-0.3, -0.25) is 0 Å². The minimum atomic E-state index is -4.59. The number of rotatable bonds is 13. The van der Waals surface area contributed by atoms with E-state index in [1.54, 1.807) is 0 Å². The smallest absolute Gasteiger partial charge is 0.744 e. The molecule has 0 atom stereocenters. The standard InChI is InChI=1S/C22H30O7S2.2Na/c1-2-3-4-5-6-7-8-9-10-18-17-21(31(26,27)28)15-16-22(18)29-19-11-13-20(14-12-19)30(23,24)25;;/h11-17H,2-10H2,1H3,(H,23,24,25)(H,26,27,28);;/q;2*+1/p-2. The second-order valence-corrected chi connectivity index (χ2v) is 10.2. The van der Waals surface area contributed by atoms with E-state index in [0.717, 1.165) is 37.8 Å². The quantitative estimate of drug-likeness (QED) is 0.190. The molecule has 0 bridgehead atoms. The van der Waals surface area contributed by atoms with Crippen LogP contribution in [0, 0.1) is 0 Å². The van der Waals surface area contributed by atoms with Gasteiger partial charge >= 0.3 is 59.1 Å². The van der Waals surface area contributed by atoms with Crippen LogP contribution in [-0.4, -0.2) is 25.9 Å². The minimum absolute atomic E-state index is 0. The van der Waals surface area contributed by atoms with E-state index in [1.165, 1.54) is 56.0 Å². The van der Waals surface area contributed by atoms with E-state index < -0.39 is 20.2 Å². The molecule has 0 aliphatic rings. The van der Waals surface area contributed by atoms with Crippen molar-refractivity contribution in [2.45, 2.75) is 74.5 Å². The van der Waals surface area contributed by atoms with Crippen molar-refractivity contribution in [3.05, 3.63) is 48.0 Å². The average Bonchev–Trinajstić information content (AvgIpc) is 2.70. The van der Waals surface area contributed by atoms with Crippen molar-refractivity contribution in [3.63, 3.8) is 0 Å². The summed E-state index contributed by atoms with van der Waals surface area (Å²) in [5.74, 6) is 0.676. The fourth-order valence-corrected chi connectivity index (χ4v) is 4.25. The van der Waals surface area contributed by atoms with Crippen LogP contribution in [0.25, 0.3) is 0 Å². The number of benzene rings is 2. The predicted molar refractivity (Wildman–Crippen MR) is 115 cm³/mol. The first-order chi connectivity index (χ1) is 14.6. The molecule has 0 aliphatic carbocycles. The zero-order chi connectivity index (χ0) is 22.9. The van der Waals surface area contributed by atoms with Crippen LogP contribution in [0.4, 0.5) is 0 Å². The Hall–Kier alpha value is 0.0600. The van der Waals surface area contributed by atoms with Crippen LogP contribution in [0.1, 0.15) is 63.9 Å². The summed E-state index contributed by atoms with van der Waals surface area (Å²) in [6.45, 7) is 2.18. The Morgan fingerprint density at radius 3 is 1.70 bits per heavy atom. The summed E-state index contributed by atoms with van der Waals surface area (Å²) < 4.78 is 73.1. The minimum Gasteiger partial charge on any atom is -0.744 e. The van der Waals surface area contributed by atoms with Gasteiger partial charge in [0.15, 0.2) is 0 Å². The van der Waals surface area contributed by atoms with Gasteiger partial charge in [0.2, 0.25) is 0 Å². The molecule has 0 spiro atoms. The van der Waals surface area contributed by atoms with E-state index in [4.69, 9.17) is 4.74 Å². The van der Waals surface area contributed by atoms with Crippen molar-refractivity contribution in [3.8, 4) is 11.5 Å². The third-order valence-corrected chi connectivity index (χ3v) is 6.64. The van der Waals surface area contributed by atoms with E-state index in [-0.39, 0.29) is 68.9 Å². The van der Waals surface area contributed by atoms with Crippen LogP contribution in [0.5, 0.6) is 11.5 Å². The van der Waals surface area contributed by atoms with Gasteiger partial charge in [0.25, 0.3) is 0 Å². The summed E-state index contributed by atoms with van der Waals surface area (Å²) in [7, 11) is -9.15. The SMILES string of the molecule is CCCCCCCCCCc1cc(S(=O)(=O)[O-])ccc1Oc1ccc(S(=O)(=O)[O-])cc1.[Na+].[Na+]. The molecule has 33 heavy (non-hydrogen) atoms. The van der Waals surface area contributed by atoms with Gasteiger partial charge in [0.1, 0.15) is 31.7 Å². The summed E-state index contributed by atoms with van der Waals surface area (Å²) >= 11 is 0. The van der Waals surface area contributed by atoms with Crippen LogP contribution in [0.3, 0.4) is 0 Å². The topological polar surface area (TPSA) is 124 Å². The van der Waals surface area contributed by atoms with Crippen LogP contribution in [0.15, 0.2) is 52.3 Å². The third kappa shape index (κ3) is 12.0. The van der Waals surface area contributed by atoms with Gasteiger partial charge in [0, 0.05) is 0 Å². The summed E-state index contributed by atoms with van der Waals surface area (Å²) in [6, 6.07) is 8.93. The molecule has 2 aromatic rings. The average molecular weight is 515 g/mol. The Labute approximate surface area is 241 Å². The molecule has 0 amide bonds. The Morgan fingerprint density at radius 2 is 1.18 bits per heavy atom. The van der Waals surface area contributed by atoms with Crippen molar-refractivity contribution in [1.82, 2.24) is 0 Å². The van der Waals surface area contributed by atoms with Gasteiger partial charge in [0.05, 0.1) is 9.79 Å². The van der Waals surface area contributed by atoms with Crippen LogP contribution in [0.2, 0.25) is 0 Å². The molecule has 2 aromatic carbocycles. The molecule has 0 N–H and O–H groups in total. The first-order valence-electron chi connectivity index (χ1n) is 10.4. The van der Waals surface area contributed by atoms with E-state index >= 15 is 0 Å². The maximum absolute atomic E-state index is 11.4. The first kappa shape index (κ1) is 33.1. The fraction of sp³-hybridized carbons (Fsp3) is 0.455. The summed E-state index contributed by atoms with van der Waals surface area (Å²) in [5, 5.41) is 0. The van der Waals surface area contributed by atoms with Gasteiger partial charge in [-0.05, 0) is 60.9 Å². The summed E-state index contributed by atoms with van der Waals surface area (Å²) in [5.41, 5.74) is 0.587. The van der Waals surface area contributed by atoms with Gasteiger partial charge in [-0.1, -0.05) is 51.9 Å². The summed E-state index contributed by atoms with van der Waals surface area (Å²) in [4.78, 5) is -0.686. The second-order valence-electron chi connectivity index (χ2n) is 7.48. The van der Waals surface area contributed by atoms with Crippen molar-refractivity contribution >= 4 is 20.2 Å². The monoisotopic (exact) mass is 514 g/mol. The van der Waals surface area contributed by atoms with Gasteiger partial charge in [-0.25, -0.2) is 16.8 Å². The van der Waals surface area contributed by atoms with E-state index in [0.29, 0.717) is 23.5 Å². The first-order valence-corrected chi connectivity index (χ1v) is 13.3. The van der Waals surface area contributed by atoms with Crippen molar-refractivity contribution in [1.29, 1.82) is 0 Å². The van der Waals surface area contributed by atoms with Crippen molar-refractivity contribution in [2.24, 2.45) is 0 Å². The Balaban J connectivity index is 0.00000512. The molecule has 172 valence electrons. The van der Waals surface area contributed by atoms with E-state index in [9.17, 15) is 25.9 Å². The molecule has 0 aliphatic heterocycles. The van der Waals surface area contributed by atoms with Gasteiger partial charge < -0.3 is 13.8 Å². The zero-order valence-electron chi connectivity index (χ0n) is 19.6. The van der Waals surface area contributed by atoms with E-state index in [1.807, 2.05) is 0 Å².